The molecule has 3 rings (SSSR count). The summed E-state index contributed by atoms with van der Waals surface area (Å²) >= 11 is 6.38. The Morgan fingerprint density at radius 1 is 0.912 bits per heavy atom. The lowest BCUT2D eigenvalue weighted by Crippen LogP contribution is -2.32. The number of nitrogens with zero attached hydrogens (tertiary/aromatic N) is 3. The third-order valence-electron chi connectivity index (χ3n) is 4.60. The van der Waals surface area contributed by atoms with Crippen LogP contribution in [0.3, 0.4) is 0 Å². The minimum absolute atomic E-state index is 0.160. The Morgan fingerprint density at radius 3 is 2.09 bits per heavy atom. The molecule has 0 aliphatic carbocycles. The number of benzene rings is 2. The molecule has 0 atom stereocenters. The van der Waals surface area contributed by atoms with Crippen molar-refractivity contribution in [1.82, 2.24) is 14.5 Å². The maximum absolute atomic E-state index is 12.9. The third-order valence-corrected chi connectivity index (χ3v) is 7.47. The van der Waals surface area contributed by atoms with Crippen LogP contribution >= 0.6 is 23.6 Å². The molecule has 0 spiro atoms. The number of amides is 1. The fourth-order valence-electron chi connectivity index (χ4n) is 3.05. The van der Waals surface area contributed by atoms with Gasteiger partial charge in [-0.05, 0) is 61.5 Å². The fourth-order valence-corrected chi connectivity index (χ4v) is 5.60. The van der Waals surface area contributed by atoms with Crippen molar-refractivity contribution < 1.29 is 13.2 Å². The molecule has 1 aromatic heterocycles. The summed E-state index contributed by atoms with van der Waals surface area (Å²) in [5.41, 5.74) is 1.14. The van der Waals surface area contributed by atoms with Gasteiger partial charge in [-0.25, -0.2) is 8.42 Å². The molecule has 34 heavy (non-hydrogen) atoms. The monoisotopic (exact) mass is 518 g/mol. The van der Waals surface area contributed by atoms with E-state index in [1.165, 1.54) is 28.6 Å². The van der Waals surface area contributed by atoms with Gasteiger partial charge >= 0.3 is 0 Å². The van der Waals surface area contributed by atoms with Crippen LogP contribution in [-0.4, -0.2) is 47.0 Å². The highest BCUT2D eigenvalue weighted by Gasteiger charge is 2.23. The molecule has 3 N–H and O–H groups in total. The van der Waals surface area contributed by atoms with Crippen LogP contribution in [0.4, 0.5) is 16.0 Å². The van der Waals surface area contributed by atoms with Crippen LogP contribution in [0.25, 0.3) is 0 Å². The zero-order valence-electron chi connectivity index (χ0n) is 18.8. The molecule has 0 saturated carbocycles. The van der Waals surface area contributed by atoms with Crippen LogP contribution in [-0.2, 0) is 10.0 Å². The zero-order chi connectivity index (χ0) is 24.6. The number of hydrogen-bond acceptors (Lipinski definition) is 7. The largest absolute Gasteiger partial charge is 0.332 e. The summed E-state index contributed by atoms with van der Waals surface area (Å²) < 4.78 is 27.2. The minimum Gasteiger partial charge on any atom is -0.332 e. The highest BCUT2D eigenvalue weighted by atomic mass is 32.2. The predicted octanol–water partition coefficient (Wildman–Crippen LogP) is 4.41. The lowest BCUT2D eigenvalue weighted by atomic mass is 10.2. The maximum atomic E-state index is 12.9. The standard InChI is InChI=1S/C22H26N6O3S3/c1-3-14-28(15-4-2)34(30,31)18-12-10-16(11-13-18)19(29)24-21-26-27-22(33-21)25-20(32)23-17-8-6-5-7-9-17/h5-13H,3-4,14-15H2,1-2H3,(H,24,26,29)(H2,23,25,27,32). The van der Waals surface area contributed by atoms with Crippen LogP contribution in [0.15, 0.2) is 59.5 Å². The quantitative estimate of drug-likeness (QED) is 0.338. The van der Waals surface area contributed by atoms with Crippen LogP contribution in [0.2, 0.25) is 0 Å². The van der Waals surface area contributed by atoms with Gasteiger partial charge < -0.3 is 10.6 Å². The molecular weight excluding hydrogens is 492 g/mol. The van der Waals surface area contributed by atoms with Crippen molar-refractivity contribution in [1.29, 1.82) is 0 Å². The van der Waals surface area contributed by atoms with Crippen molar-refractivity contribution in [3.63, 3.8) is 0 Å². The van der Waals surface area contributed by atoms with Crippen LogP contribution in [0, 0.1) is 0 Å². The number of carbonyl (C=O) groups is 1. The normalized spacial score (nSPS) is 11.3. The molecule has 0 aliphatic rings. The van der Waals surface area contributed by atoms with Gasteiger partial charge in [0, 0.05) is 24.3 Å². The van der Waals surface area contributed by atoms with Crippen LogP contribution < -0.4 is 16.0 Å². The van der Waals surface area contributed by atoms with E-state index < -0.39 is 15.9 Å². The molecule has 2 aromatic carbocycles. The lowest BCUT2D eigenvalue weighted by Gasteiger charge is -2.21. The van der Waals surface area contributed by atoms with Crippen molar-refractivity contribution in [2.75, 3.05) is 29.0 Å². The Morgan fingerprint density at radius 2 is 1.50 bits per heavy atom. The molecular formula is C22H26N6O3S3. The number of hydrogen-bond donors (Lipinski definition) is 3. The van der Waals surface area contributed by atoms with Crippen molar-refractivity contribution in [2.45, 2.75) is 31.6 Å². The summed E-state index contributed by atoms with van der Waals surface area (Å²) in [5, 5.41) is 17.6. The summed E-state index contributed by atoms with van der Waals surface area (Å²) in [6.45, 7) is 4.78. The molecule has 3 aromatic rings. The second-order valence-corrected chi connectivity index (χ2v) is 10.6. The lowest BCUT2D eigenvalue weighted by molar-refractivity contribution is 0.102. The first-order valence-corrected chi connectivity index (χ1v) is 13.4. The van der Waals surface area contributed by atoms with Crippen LogP contribution in [0.5, 0.6) is 0 Å². The zero-order valence-corrected chi connectivity index (χ0v) is 21.3. The first kappa shape index (κ1) is 25.7. The third kappa shape index (κ3) is 6.79. The van der Waals surface area contributed by atoms with Crippen molar-refractivity contribution in [2.24, 2.45) is 0 Å². The van der Waals surface area contributed by atoms with Gasteiger partial charge in [-0.3, -0.25) is 10.1 Å². The highest BCUT2D eigenvalue weighted by molar-refractivity contribution is 7.89. The van der Waals surface area contributed by atoms with Crippen molar-refractivity contribution >= 4 is 60.5 Å². The van der Waals surface area contributed by atoms with E-state index >= 15 is 0 Å². The van der Waals surface area contributed by atoms with E-state index in [1.807, 2.05) is 44.2 Å². The van der Waals surface area contributed by atoms with Crippen molar-refractivity contribution in [3.8, 4) is 0 Å². The van der Waals surface area contributed by atoms with E-state index in [9.17, 15) is 13.2 Å². The van der Waals surface area contributed by atoms with Gasteiger partial charge in [-0.2, -0.15) is 4.31 Å². The van der Waals surface area contributed by atoms with Gasteiger partial charge in [0.2, 0.25) is 20.3 Å². The average Bonchev–Trinajstić information content (AvgIpc) is 3.26. The fraction of sp³-hybridized carbons (Fsp3) is 0.273. The van der Waals surface area contributed by atoms with Crippen LogP contribution in [0.1, 0.15) is 37.0 Å². The molecule has 1 amide bonds. The van der Waals surface area contributed by atoms with E-state index in [2.05, 4.69) is 26.1 Å². The molecule has 0 fully saturated rings. The van der Waals surface area contributed by atoms with E-state index in [0.29, 0.717) is 28.9 Å². The number of thiocarbonyl (C=S) groups is 1. The average molecular weight is 519 g/mol. The molecule has 1 heterocycles. The number of rotatable bonds is 10. The smallest absolute Gasteiger partial charge is 0.257 e. The Hall–Kier alpha value is -2.93. The first-order valence-electron chi connectivity index (χ1n) is 10.7. The van der Waals surface area contributed by atoms with Crippen molar-refractivity contribution in [3.05, 3.63) is 60.2 Å². The second-order valence-electron chi connectivity index (χ2n) is 7.24. The summed E-state index contributed by atoms with van der Waals surface area (Å²) in [7, 11) is -3.60. The summed E-state index contributed by atoms with van der Waals surface area (Å²) in [4.78, 5) is 12.8. The van der Waals surface area contributed by atoms with E-state index in [0.717, 1.165) is 29.9 Å². The summed E-state index contributed by atoms with van der Waals surface area (Å²) in [6.07, 6.45) is 1.46. The summed E-state index contributed by atoms with van der Waals surface area (Å²) in [6, 6.07) is 15.3. The summed E-state index contributed by atoms with van der Waals surface area (Å²) in [5.74, 6) is -0.421. The molecule has 9 nitrogen and oxygen atoms in total. The van der Waals surface area contributed by atoms with E-state index in [4.69, 9.17) is 12.2 Å². The Balaban J connectivity index is 1.61. The Bertz CT molecular complexity index is 1210. The maximum Gasteiger partial charge on any atom is 0.257 e. The number of para-hydroxylation sites is 1. The van der Waals surface area contributed by atoms with Gasteiger partial charge in [-0.15, -0.1) is 10.2 Å². The number of nitrogens with one attached hydrogen (secondary N) is 3. The Labute approximate surface area is 208 Å². The molecule has 0 unspecified atom stereocenters. The topological polar surface area (TPSA) is 116 Å². The van der Waals surface area contributed by atoms with E-state index in [1.54, 1.807) is 0 Å². The van der Waals surface area contributed by atoms with Gasteiger partial charge in [0.25, 0.3) is 5.91 Å². The highest BCUT2D eigenvalue weighted by Crippen LogP contribution is 2.22. The molecule has 180 valence electrons. The predicted molar refractivity (Wildman–Crippen MR) is 140 cm³/mol. The van der Waals surface area contributed by atoms with Gasteiger partial charge in [0.15, 0.2) is 5.11 Å². The number of carbonyl (C=O) groups excluding carboxylic acids is 1. The van der Waals surface area contributed by atoms with E-state index in [-0.39, 0.29) is 10.0 Å². The minimum atomic E-state index is -3.60. The second kappa shape index (κ2) is 12.0. The van der Waals surface area contributed by atoms with Gasteiger partial charge in [0.1, 0.15) is 0 Å². The Kier molecular flexibility index (Phi) is 9.05. The SMILES string of the molecule is CCCN(CCC)S(=O)(=O)c1ccc(C(=O)Nc2nnc(NC(=S)Nc3ccccc3)s2)cc1. The van der Waals surface area contributed by atoms with Gasteiger partial charge in [-0.1, -0.05) is 43.4 Å². The molecule has 12 heteroatoms. The number of aromatic nitrogens is 2. The molecule has 0 saturated heterocycles. The number of sulfonamides is 1. The molecule has 0 bridgehead atoms. The molecule has 0 aliphatic heterocycles. The first-order chi connectivity index (χ1) is 16.3. The molecule has 0 radical (unpaired) electrons. The van der Waals surface area contributed by atoms with Gasteiger partial charge in [0.05, 0.1) is 4.90 Å². The number of anilines is 3.